The van der Waals surface area contributed by atoms with Crippen molar-refractivity contribution < 1.29 is 0 Å². The van der Waals surface area contributed by atoms with Gasteiger partial charge in [-0.3, -0.25) is 4.68 Å². The van der Waals surface area contributed by atoms with E-state index in [2.05, 4.69) is 10.4 Å². The maximum atomic E-state index is 8.92. The fourth-order valence-electron chi connectivity index (χ4n) is 1.59. The molecule has 0 saturated carbocycles. The van der Waals surface area contributed by atoms with Crippen molar-refractivity contribution in [1.82, 2.24) is 9.78 Å². The van der Waals surface area contributed by atoms with Crippen molar-refractivity contribution in [2.45, 2.75) is 6.54 Å². The molecule has 1 heterocycles. The maximum Gasteiger partial charge on any atom is 0.101 e. The Labute approximate surface area is 105 Å². The van der Waals surface area contributed by atoms with Crippen LogP contribution in [0.2, 0.25) is 0 Å². The smallest absolute Gasteiger partial charge is 0.101 e. The minimum Gasteiger partial charge on any atom is -0.379 e. The molecule has 18 heavy (non-hydrogen) atoms. The van der Waals surface area contributed by atoms with Crippen LogP contribution in [-0.4, -0.2) is 9.78 Å². The van der Waals surface area contributed by atoms with Crippen molar-refractivity contribution in [3.8, 4) is 12.1 Å². The van der Waals surface area contributed by atoms with E-state index in [-0.39, 0.29) is 0 Å². The zero-order chi connectivity index (χ0) is 13.0. The first-order valence-corrected chi connectivity index (χ1v) is 5.39. The predicted molar refractivity (Wildman–Crippen MR) is 66.4 cm³/mol. The van der Waals surface area contributed by atoms with Crippen LogP contribution in [0.15, 0.2) is 30.5 Å². The molecule has 0 aliphatic rings. The van der Waals surface area contributed by atoms with Crippen molar-refractivity contribution in [2.75, 3.05) is 5.32 Å². The van der Waals surface area contributed by atoms with E-state index in [9.17, 15) is 0 Å². The monoisotopic (exact) mass is 237 g/mol. The number of nitriles is 2. The SMILES string of the molecule is Cn1ccc(CNc2ccc(C#N)c(C#N)c2)n1. The first-order valence-electron chi connectivity index (χ1n) is 5.39. The van der Waals surface area contributed by atoms with Gasteiger partial charge in [0.2, 0.25) is 0 Å². The average molecular weight is 237 g/mol. The minimum atomic E-state index is 0.378. The molecule has 0 amide bonds. The topological polar surface area (TPSA) is 77.4 Å². The quantitative estimate of drug-likeness (QED) is 0.882. The van der Waals surface area contributed by atoms with Gasteiger partial charge in [-0.15, -0.1) is 0 Å². The Morgan fingerprint density at radius 2 is 2.00 bits per heavy atom. The number of aromatic nitrogens is 2. The summed E-state index contributed by atoms with van der Waals surface area (Å²) < 4.78 is 1.73. The molecular weight excluding hydrogens is 226 g/mol. The minimum absolute atomic E-state index is 0.378. The Kier molecular flexibility index (Phi) is 3.26. The van der Waals surface area contributed by atoms with Crippen LogP contribution >= 0.6 is 0 Å². The molecule has 0 bridgehead atoms. The number of anilines is 1. The number of benzene rings is 1. The number of aryl methyl sites for hydroxylation is 1. The van der Waals surface area contributed by atoms with Gasteiger partial charge >= 0.3 is 0 Å². The molecule has 0 atom stereocenters. The van der Waals surface area contributed by atoms with Crippen LogP contribution in [0.1, 0.15) is 16.8 Å². The summed E-state index contributed by atoms with van der Waals surface area (Å²) in [6.45, 7) is 0.581. The summed E-state index contributed by atoms with van der Waals surface area (Å²) in [5.41, 5.74) is 2.49. The molecular formula is C13H11N5. The summed E-state index contributed by atoms with van der Waals surface area (Å²) in [5.74, 6) is 0. The van der Waals surface area contributed by atoms with E-state index in [4.69, 9.17) is 10.5 Å². The van der Waals surface area contributed by atoms with Gasteiger partial charge in [0.05, 0.1) is 23.4 Å². The normalized spacial score (nSPS) is 9.50. The summed E-state index contributed by atoms with van der Waals surface area (Å²) in [6.07, 6.45) is 1.87. The van der Waals surface area contributed by atoms with E-state index in [1.165, 1.54) is 0 Å². The van der Waals surface area contributed by atoms with Crippen LogP contribution in [0.5, 0.6) is 0 Å². The van der Waals surface area contributed by atoms with Gasteiger partial charge in [-0.1, -0.05) is 0 Å². The first-order chi connectivity index (χ1) is 8.72. The fraction of sp³-hybridized carbons (Fsp3) is 0.154. The largest absolute Gasteiger partial charge is 0.379 e. The molecule has 0 unspecified atom stereocenters. The third-order valence-electron chi connectivity index (χ3n) is 2.50. The van der Waals surface area contributed by atoms with Crippen LogP contribution in [-0.2, 0) is 13.6 Å². The predicted octanol–water partition coefficient (Wildman–Crippen LogP) is 1.78. The number of hydrogen-bond acceptors (Lipinski definition) is 4. The lowest BCUT2D eigenvalue weighted by Crippen LogP contribution is -2.01. The van der Waals surface area contributed by atoms with Gasteiger partial charge in [-0.25, -0.2) is 0 Å². The summed E-state index contributed by atoms with van der Waals surface area (Å²) in [6, 6.07) is 11.0. The molecule has 0 saturated heterocycles. The van der Waals surface area contributed by atoms with Crippen LogP contribution in [0.25, 0.3) is 0 Å². The van der Waals surface area contributed by atoms with E-state index in [1.807, 2.05) is 31.4 Å². The fourth-order valence-corrected chi connectivity index (χ4v) is 1.59. The highest BCUT2D eigenvalue weighted by molar-refractivity contribution is 5.56. The molecule has 0 aliphatic carbocycles. The molecule has 1 aromatic heterocycles. The molecule has 0 radical (unpaired) electrons. The Balaban J connectivity index is 2.11. The number of nitrogens with one attached hydrogen (secondary N) is 1. The van der Waals surface area contributed by atoms with Gasteiger partial charge in [0.15, 0.2) is 0 Å². The average Bonchev–Trinajstić information content (AvgIpc) is 2.81. The third kappa shape index (κ3) is 2.47. The number of nitrogens with zero attached hydrogens (tertiary/aromatic N) is 4. The van der Waals surface area contributed by atoms with Gasteiger partial charge in [0, 0.05) is 18.9 Å². The summed E-state index contributed by atoms with van der Waals surface area (Å²) in [4.78, 5) is 0. The van der Waals surface area contributed by atoms with Gasteiger partial charge in [-0.05, 0) is 24.3 Å². The Morgan fingerprint density at radius 1 is 1.22 bits per heavy atom. The lowest BCUT2D eigenvalue weighted by Gasteiger charge is -2.05. The van der Waals surface area contributed by atoms with Gasteiger partial charge < -0.3 is 5.32 Å². The van der Waals surface area contributed by atoms with Crippen molar-refractivity contribution in [3.05, 3.63) is 47.3 Å². The van der Waals surface area contributed by atoms with Crippen molar-refractivity contribution in [3.63, 3.8) is 0 Å². The molecule has 88 valence electrons. The molecule has 5 heteroatoms. The van der Waals surface area contributed by atoms with Crippen molar-refractivity contribution in [1.29, 1.82) is 10.5 Å². The summed E-state index contributed by atoms with van der Waals surface area (Å²) in [7, 11) is 1.86. The van der Waals surface area contributed by atoms with Crippen LogP contribution in [0.4, 0.5) is 5.69 Å². The first kappa shape index (κ1) is 11.7. The Hall–Kier alpha value is -2.79. The molecule has 0 spiro atoms. The summed E-state index contributed by atoms with van der Waals surface area (Å²) >= 11 is 0. The highest BCUT2D eigenvalue weighted by Gasteiger charge is 2.03. The zero-order valence-corrected chi connectivity index (χ0v) is 9.88. The lowest BCUT2D eigenvalue weighted by atomic mass is 10.1. The van der Waals surface area contributed by atoms with E-state index >= 15 is 0 Å². The highest BCUT2D eigenvalue weighted by atomic mass is 15.3. The molecule has 2 aromatic rings. The standard InChI is InChI=1S/C13H11N5/c1-18-5-4-13(17-18)9-16-12-3-2-10(7-14)11(6-12)8-15/h2-6,16H,9H2,1H3. The van der Waals surface area contributed by atoms with Gasteiger partial charge in [0.25, 0.3) is 0 Å². The molecule has 1 N–H and O–H groups in total. The zero-order valence-electron chi connectivity index (χ0n) is 9.88. The van der Waals surface area contributed by atoms with Crippen molar-refractivity contribution >= 4 is 5.69 Å². The second-order valence-electron chi connectivity index (χ2n) is 3.82. The van der Waals surface area contributed by atoms with Gasteiger partial charge in [0.1, 0.15) is 12.1 Å². The molecule has 5 nitrogen and oxygen atoms in total. The number of hydrogen-bond donors (Lipinski definition) is 1. The second-order valence-corrected chi connectivity index (χ2v) is 3.82. The maximum absolute atomic E-state index is 8.92. The van der Waals surface area contributed by atoms with Crippen LogP contribution in [0, 0.1) is 22.7 Å². The molecule has 1 aromatic carbocycles. The van der Waals surface area contributed by atoms with Gasteiger partial charge in [-0.2, -0.15) is 15.6 Å². The summed E-state index contributed by atoms with van der Waals surface area (Å²) in [5, 5.41) is 25.1. The lowest BCUT2D eigenvalue weighted by molar-refractivity contribution is 0.747. The van der Waals surface area contributed by atoms with Crippen LogP contribution < -0.4 is 5.32 Å². The van der Waals surface area contributed by atoms with Crippen molar-refractivity contribution in [2.24, 2.45) is 7.05 Å². The third-order valence-corrected chi connectivity index (χ3v) is 2.50. The Bertz CT molecular complexity index is 642. The molecule has 0 fully saturated rings. The molecule has 0 aliphatic heterocycles. The Morgan fingerprint density at radius 3 is 2.61 bits per heavy atom. The second kappa shape index (κ2) is 5.03. The van der Waals surface area contributed by atoms with E-state index in [0.29, 0.717) is 17.7 Å². The highest BCUT2D eigenvalue weighted by Crippen LogP contribution is 2.15. The van der Waals surface area contributed by atoms with E-state index < -0.39 is 0 Å². The van der Waals surface area contributed by atoms with E-state index in [1.54, 1.807) is 22.9 Å². The van der Waals surface area contributed by atoms with Crippen LogP contribution in [0.3, 0.4) is 0 Å². The molecule has 2 rings (SSSR count). The van der Waals surface area contributed by atoms with E-state index in [0.717, 1.165) is 11.4 Å². The number of rotatable bonds is 3.